The SMILES string of the molecule is NC(=O)C1(Oc2cccc(Br)c2)CCCCC1. The van der Waals surface area contributed by atoms with Crippen LogP contribution < -0.4 is 10.5 Å². The molecule has 2 rings (SSSR count). The van der Waals surface area contributed by atoms with E-state index in [1.54, 1.807) is 0 Å². The normalized spacial score (nSPS) is 18.6. The lowest BCUT2D eigenvalue weighted by atomic mass is 9.84. The fourth-order valence-electron chi connectivity index (χ4n) is 2.28. The molecule has 1 fully saturated rings. The van der Waals surface area contributed by atoms with E-state index in [1.165, 1.54) is 0 Å². The molecular formula is C13H16BrNO2. The zero-order chi connectivity index (χ0) is 12.3. The minimum Gasteiger partial charge on any atom is -0.477 e. The van der Waals surface area contributed by atoms with Gasteiger partial charge in [0.15, 0.2) is 5.60 Å². The van der Waals surface area contributed by atoms with Crippen LogP contribution in [0.2, 0.25) is 0 Å². The van der Waals surface area contributed by atoms with Crippen LogP contribution in [0.5, 0.6) is 5.75 Å². The number of hydrogen-bond donors (Lipinski definition) is 1. The van der Waals surface area contributed by atoms with Crippen LogP contribution in [0, 0.1) is 0 Å². The molecule has 1 aromatic carbocycles. The summed E-state index contributed by atoms with van der Waals surface area (Å²) in [7, 11) is 0. The van der Waals surface area contributed by atoms with Gasteiger partial charge in [0, 0.05) is 4.47 Å². The number of halogens is 1. The molecule has 0 radical (unpaired) electrons. The largest absolute Gasteiger partial charge is 0.477 e. The van der Waals surface area contributed by atoms with Crippen molar-refractivity contribution in [3.63, 3.8) is 0 Å². The van der Waals surface area contributed by atoms with Gasteiger partial charge in [-0.1, -0.05) is 28.4 Å². The molecule has 0 atom stereocenters. The maximum Gasteiger partial charge on any atom is 0.261 e. The van der Waals surface area contributed by atoms with Gasteiger partial charge >= 0.3 is 0 Å². The van der Waals surface area contributed by atoms with E-state index in [0.29, 0.717) is 5.75 Å². The molecule has 1 amide bonds. The molecule has 0 saturated heterocycles. The second kappa shape index (κ2) is 5.08. The third-order valence-electron chi connectivity index (χ3n) is 3.22. The Balaban J connectivity index is 2.20. The van der Waals surface area contributed by atoms with E-state index in [2.05, 4.69) is 15.9 Å². The summed E-state index contributed by atoms with van der Waals surface area (Å²) in [5.74, 6) is 0.345. The van der Waals surface area contributed by atoms with Gasteiger partial charge in [0.05, 0.1) is 0 Å². The molecule has 0 unspecified atom stereocenters. The van der Waals surface area contributed by atoms with Crippen molar-refractivity contribution in [3.05, 3.63) is 28.7 Å². The molecular weight excluding hydrogens is 282 g/mol. The number of amides is 1. The monoisotopic (exact) mass is 297 g/mol. The summed E-state index contributed by atoms with van der Waals surface area (Å²) < 4.78 is 6.82. The van der Waals surface area contributed by atoms with Crippen molar-refractivity contribution in [2.75, 3.05) is 0 Å². The highest BCUT2D eigenvalue weighted by Crippen LogP contribution is 2.33. The molecule has 0 bridgehead atoms. The number of rotatable bonds is 3. The first kappa shape index (κ1) is 12.4. The minimum atomic E-state index is -0.807. The topological polar surface area (TPSA) is 52.3 Å². The number of benzene rings is 1. The van der Waals surface area contributed by atoms with E-state index in [9.17, 15) is 4.79 Å². The Morgan fingerprint density at radius 3 is 2.59 bits per heavy atom. The van der Waals surface area contributed by atoms with Crippen LogP contribution in [0.4, 0.5) is 0 Å². The smallest absolute Gasteiger partial charge is 0.261 e. The van der Waals surface area contributed by atoms with Gasteiger partial charge in [0.2, 0.25) is 0 Å². The van der Waals surface area contributed by atoms with E-state index in [0.717, 1.165) is 36.6 Å². The lowest BCUT2D eigenvalue weighted by Gasteiger charge is -2.34. The van der Waals surface area contributed by atoms with Gasteiger partial charge in [-0.25, -0.2) is 0 Å². The van der Waals surface area contributed by atoms with E-state index in [4.69, 9.17) is 10.5 Å². The zero-order valence-electron chi connectivity index (χ0n) is 9.62. The predicted octanol–water partition coefficient (Wildman–Crippen LogP) is 3.02. The van der Waals surface area contributed by atoms with Crippen molar-refractivity contribution in [3.8, 4) is 5.75 Å². The average molecular weight is 298 g/mol. The zero-order valence-corrected chi connectivity index (χ0v) is 11.2. The van der Waals surface area contributed by atoms with Crippen molar-refractivity contribution >= 4 is 21.8 Å². The first-order chi connectivity index (χ1) is 8.12. The molecule has 1 aliphatic rings. The van der Waals surface area contributed by atoms with Crippen molar-refractivity contribution in [2.24, 2.45) is 5.73 Å². The lowest BCUT2D eigenvalue weighted by Crippen LogP contribution is -2.50. The van der Waals surface area contributed by atoms with Crippen LogP contribution in [0.15, 0.2) is 28.7 Å². The average Bonchev–Trinajstić information content (AvgIpc) is 2.30. The highest BCUT2D eigenvalue weighted by molar-refractivity contribution is 9.10. The minimum absolute atomic E-state index is 0.350. The van der Waals surface area contributed by atoms with Crippen LogP contribution in [0.25, 0.3) is 0 Å². The number of ether oxygens (including phenoxy) is 1. The van der Waals surface area contributed by atoms with Gasteiger partial charge < -0.3 is 10.5 Å². The van der Waals surface area contributed by atoms with Crippen LogP contribution >= 0.6 is 15.9 Å². The molecule has 17 heavy (non-hydrogen) atoms. The molecule has 1 saturated carbocycles. The molecule has 0 aromatic heterocycles. The van der Waals surface area contributed by atoms with Crippen molar-refractivity contribution in [1.29, 1.82) is 0 Å². The summed E-state index contributed by atoms with van der Waals surface area (Å²) >= 11 is 3.39. The van der Waals surface area contributed by atoms with Gasteiger partial charge in [-0.05, 0) is 43.9 Å². The fraction of sp³-hybridized carbons (Fsp3) is 0.462. The summed E-state index contributed by atoms with van der Waals surface area (Å²) in [6.45, 7) is 0. The highest BCUT2D eigenvalue weighted by Gasteiger charge is 2.40. The van der Waals surface area contributed by atoms with Crippen LogP contribution in [0.1, 0.15) is 32.1 Å². The Kier molecular flexibility index (Phi) is 3.72. The Labute approximate surface area is 109 Å². The van der Waals surface area contributed by atoms with Gasteiger partial charge in [-0.15, -0.1) is 0 Å². The third-order valence-corrected chi connectivity index (χ3v) is 3.71. The quantitative estimate of drug-likeness (QED) is 0.932. The molecule has 1 aromatic rings. The molecule has 2 N–H and O–H groups in total. The highest BCUT2D eigenvalue weighted by atomic mass is 79.9. The third kappa shape index (κ3) is 2.80. The molecule has 0 spiro atoms. The van der Waals surface area contributed by atoms with Crippen LogP contribution in [0.3, 0.4) is 0 Å². The second-order valence-corrected chi connectivity index (χ2v) is 5.39. The lowest BCUT2D eigenvalue weighted by molar-refractivity contribution is -0.136. The number of primary amides is 1. The van der Waals surface area contributed by atoms with Crippen molar-refractivity contribution in [1.82, 2.24) is 0 Å². The summed E-state index contributed by atoms with van der Waals surface area (Å²) in [5.41, 5.74) is 4.71. The van der Waals surface area contributed by atoms with Gasteiger partial charge in [-0.2, -0.15) is 0 Å². The van der Waals surface area contributed by atoms with Gasteiger partial charge in [-0.3, -0.25) is 4.79 Å². The van der Waals surface area contributed by atoms with Crippen LogP contribution in [-0.2, 0) is 4.79 Å². The van der Waals surface area contributed by atoms with E-state index >= 15 is 0 Å². The molecule has 3 nitrogen and oxygen atoms in total. The number of nitrogens with two attached hydrogens (primary N) is 1. The maximum atomic E-state index is 11.7. The van der Waals surface area contributed by atoms with Gasteiger partial charge in [0.1, 0.15) is 5.75 Å². The second-order valence-electron chi connectivity index (χ2n) is 4.48. The Bertz CT molecular complexity index is 414. The summed E-state index contributed by atoms with van der Waals surface area (Å²) in [6, 6.07) is 7.52. The number of carbonyl (C=O) groups excluding carboxylic acids is 1. The number of carbonyl (C=O) groups is 1. The molecule has 92 valence electrons. The Hall–Kier alpha value is -1.03. The fourth-order valence-corrected chi connectivity index (χ4v) is 2.66. The van der Waals surface area contributed by atoms with E-state index < -0.39 is 5.60 Å². The van der Waals surface area contributed by atoms with E-state index in [-0.39, 0.29) is 5.91 Å². The van der Waals surface area contributed by atoms with Crippen molar-refractivity contribution < 1.29 is 9.53 Å². The Morgan fingerprint density at radius 1 is 1.29 bits per heavy atom. The maximum absolute atomic E-state index is 11.7. The van der Waals surface area contributed by atoms with Crippen LogP contribution in [-0.4, -0.2) is 11.5 Å². The first-order valence-electron chi connectivity index (χ1n) is 5.87. The summed E-state index contributed by atoms with van der Waals surface area (Å²) in [4.78, 5) is 11.7. The number of hydrogen-bond acceptors (Lipinski definition) is 2. The first-order valence-corrected chi connectivity index (χ1v) is 6.66. The standard InChI is InChI=1S/C13H16BrNO2/c14-10-5-4-6-11(9-10)17-13(12(15)16)7-2-1-3-8-13/h4-6,9H,1-3,7-8H2,(H2,15,16). The Morgan fingerprint density at radius 2 is 2.00 bits per heavy atom. The molecule has 0 heterocycles. The van der Waals surface area contributed by atoms with Gasteiger partial charge in [0.25, 0.3) is 5.91 Å². The molecule has 0 aliphatic heterocycles. The molecule has 1 aliphatic carbocycles. The summed E-state index contributed by atoms with van der Waals surface area (Å²) in [6.07, 6.45) is 4.58. The molecule has 4 heteroatoms. The summed E-state index contributed by atoms with van der Waals surface area (Å²) in [5, 5.41) is 0. The van der Waals surface area contributed by atoms with Crippen molar-refractivity contribution in [2.45, 2.75) is 37.7 Å². The predicted molar refractivity (Wildman–Crippen MR) is 69.8 cm³/mol. The van der Waals surface area contributed by atoms with E-state index in [1.807, 2.05) is 24.3 Å².